The molecule has 0 fully saturated rings. The topological polar surface area (TPSA) is 20.2 Å². The van der Waals surface area contributed by atoms with Crippen molar-refractivity contribution in [3.8, 4) is 0 Å². The van der Waals surface area contributed by atoms with E-state index in [1.807, 2.05) is 6.07 Å². The summed E-state index contributed by atoms with van der Waals surface area (Å²) < 4.78 is 0.902. The van der Waals surface area contributed by atoms with Crippen LogP contribution in [0.25, 0.3) is 0 Å². The first-order chi connectivity index (χ1) is 6.19. The third kappa shape index (κ3) is 2.74. The second kappa shape index (κ2) is 5.05. The van der Waals surface area contributed by atoms with Gasteiger partial charge in [0, 0.05) is 20.0 Å². The maximum absolute atomic E-state index is 9.07. The van der Waals surface area contributed by atoms with Crippen LogP contribution in [0.4, 0.5) is 0 Å². The van der Waals surface area contributed by atoms with Crippen molar-refractivity contribution >= 4 is 39.3 Å². The first-order valence-electron chi connectivity index (χ1n) is 3.55. The normalized spacial score (nSPS) is 10.1. The van der Waals surface area contributed by atoms with Crippen LogP contribution < -0.4 is 0 Å². The Morgan fingerprint density at radius 1 is 1.62 bits per heavy atom. The van der Waals surface area contributed by atoms with Crippen LogP contribution in [0.3, 0.4) is 0 Å². The molecule has 1 aromatic carbocycles. The van der Waals surface area contributed by atoms with E-state index < -0.39 is 0 Å². The van der Waals surface area contributed by atoms with Crippen LogP contribution in [-0.2, 0) is 6.61 Å². The van der Waals surface area contributed by atoms with Gasteiger partial charge >= 0.3 is 0 Å². The second-order valence-electron chi connectivity index (χ2n) is 2.31. The van der Waals surface area contributed by atoms with Crippen molar-refractivity contribution in [1.29, 1.82) is 0 Å². The van der Waals surface area contributed by atoms with Crippen molar-refractivity contribution in [1.82, 2.24) is 0 Å². The zero-order valence-corrected chi connectivity index (χ0v) is 9.92. The van der Waals surface area contributed by atoms with Gasteiger partial charge in [0.15, 0.2) is 0 Å². The van der Waals surface area contributed by atoms with Gasteiger partial charge in [0.05, 0.1) is 6.61 Å². The number of halogens is 2. The molecule has 0 aromatic heterocycles. The van der Waals surface area contributed by atoms with Crippen LogP contribution in [-0.4, -0.2) is 5.11 Å². The molecule has 0 bridgehead atoms. The minimum absolute atomic E-state index is 0.0533. The fraction of sp³-hybridized carbons (Fsp3) is 0.111. The lowest BCUT2D eigenvalue weighted by Gasteiger charge is -2.07. The smallest absolute Gasteiger partial charge is 0.0707 e. The Bertz CT molecular complexity index is 328. The van der Waals surface area contributed by atoms with Gasteiger partial charge in [0.25, 0.3) is 0 Å². The number of hydrogen-bond donors (Lipinski definition) is 1. The van der Waals surface area contributed by atoms with Crippen molar-refractivity contribution in [2.75, 3.05) is 0 Å². The average Bonchev–Trinajstić information content (AvgIpc) is 2.04. The first kappa shape index (κ1) is 11.1. The van der Waals surface area contributed by atoms with E-state index in [0.717, 1.165) is 14.9 Å². The van der Waals surface area contributed by atoms with E-state index in [9.17, 15) is 0 Å². The zero-order chi connectivity index (χ0) is 9.84. The van der Waals surface area contributed by atoms with E-state index in [1.165, 1.54) is 11.8 Å². The Labute approximate surface area is 94.9 Å². The van der Waals surface area contributed by atoms with Gasteiger partial charge in [0.1, 0.15) is 0 Å². The van der Waals surface area contributed by atoms with Crippen LogP contribution in [0.1, 0.15) is 5.56 Å². The predicted octanol–water partition coefficient (Wildman–Crippen LogP) is 3.83. The van der Waals surface area contributed by atoms with Gasteiger partial charge in [0.2, 0.25) is 0 Å². The second-order valence-corrected chi connectivity index (χ2v) is 4.64. The molecule has 0 heterocycles. The van der Waals surface area contributed by atoms with E-state index in [1.54, 1.807) is 11.5 Å². The molecule has 0 aliphatic carbocycles. The lowest BCUT2D eigenvalue weighted by molar-refractivity contribution is 0.279. The van der Waals surface area contributed by atoms with E-state index in [0.29, 0.717) is 5.02 Å². The van der Waals surface area contributed by atoms with Crippen LogP contribution in [0, 0.1) is 0 Å². The lowest BCUT2D eigenvalue weighted by Crippen LogP contribution is -1.88. The van der Waals surface area contributed by atoms with Gasteiger partial charge in [-0.25, -0.2) is 0 Å². The molecule has 0 amide bonds. The molecule has 0 aliphatic rings. The maximum atomic E-state index is 9.07. The van der Waals surface area contributed by atoms with E-state index in [4.69, 9.17) is 16.7 Å². The summed E-state index contributed by atoms with van der Waals surface area (Å²) in [5, 5.41) is 11.3. The highest BCUT2D eigenvalue weighted by atomic mass is 79.9. The Morgan fingerprint density at radius 2 is 2.31 bits per heavy atom. The highest BCUT2D eigenvalue weighted by Gasteiger charge is 2.07. The number of benzene rings is 1. The van der Waals surface area contributed by atoms with Crippen LogP contribution in [0.2, 0.25) is 5.02 Å². The van der Waals surface area contributed by atoms with Gasteiger partial charge in [-0.15, -0.1) is 0 Å². The predicted molar refractivity (Wildman–Crippen MR) is 61.1 cm³/mol. The molecule has 0 atom stereocenters. The van der Waals surface area contributed by atoms with Gasteiger partial charge in [-0.3, -0.25) is 0 Å². The summed E-state index contributed by atoms with van der Waals surface area (Å²) in [4.78, 5) is 0.928. The molecule has 1 aromatic rings. The third-order valence-electron chi connectivity index (χ3n) is 1.49. The van der Waals surface area contributed by atoms with Crippen molar-refractivity contribution in [2.24, 2.45) is 0 Å². The molecule has 0 saturated carbocycles. The molecule has 1 N–H and O–H groups in total. The highest BCUT2D eigenvalue weighted by Crippen LogP contribution is 2.32. The maximum Gasteiger partial charge on any atom is 0.0707 e. The van der Waals surface area contributed by atoms with E-state index in [2.05, 4.69) is 22.5 Å². The van der Waals surface area contributed by atoms with Crippen LogP contribution >= 0.6 is 39.3 Å². The van der Waals surface area contributed by atoms with Crippen molar-refractivity contribution < 1.29 is 5.11 Å². The van der Waals surface area contributed by atoms with Gasteiger partial charge in [-0.05, 0) is 17.5 Å². The summed E-state index contributed by atoms with van der Waals surface area (Å²) in [6.07, 6.45) is 0. The molecule has 4 heteroatoms. The van der Waals surface area contributed by atoms with Crippen LogP contribution in [0.5, 0.6) is 0 Å². The molecule has 13 heavy (non-hydrogen) atoms. The minimum Gasteiger partial charge on any atom is -0.392 e. The molecule has 0 spiro atoms. The van der Waals surface area contributed by atoms with Crippen molar-refractivity contribution in [2.45, 2.75) is 11.5 Å². The van der Waals surface area contributed by atoms with E-state index in [-0.39, 0.29) is 6.61 Å². The first-order valence-corrected chi connectivity index (χ1v) is 5.60. The number of hydrogen-bond acceptors (Lipinski definition) is 2. The molecular weight excluding hydrogens is 272 g/mol. The van der Waals surface area contributed by atoms with Crippen molar-refractivity contribution in [3.63, 3.8) is 0 Å². The SMILES string of the molecule is C=CSc1cc(Br)cc(Cl)c1CO. The molecule has 0 radical (unpaired) electrons. The molecule has 0 aliphatic heterocycles. The quantitative estimate of drug-likeness (QED) is 0.849. The summed E-state index contributed by atoms with van der Waals surface area (Å²) in [6, 6.07) is 3.67. The molecule has 70 valence electrons. The average molecular weight is 280 g/mol. The van der Waals surface area contributed by atoms with Gasteiger partial charge < -0.3 is 5.11 Å². The zero-order valence-electron chi connectivity index (χ0n) is 6.76. The van der Waals surface area contributed by atoms with E-state index >= 15 is 0 Å². The molecule has 0 saturated heterocycles. The number of rotatable bonds is 3. The highest BCUT2D eigenvalue weighted by molar-refractivity contribution is 9.10. The molecule has 1 rings (SSSR count). The summed E-state index contributed by atoms with van der Waals surface area (Å²) in [5.74, 6) is 0. The molecule has 0 unspecified atom stereocenters. The fourth-order valence-corrected chi connectivity index (χ4v) is 2.70. The molecular formula is C9H8BrClOS. The molecule has 1 nitrogen and oxygen atoms in total. The monoisotopic (exact) mass is 278 g/mol. The van der Waals surface area contributed by atoms with Crippen LogP contribution in [0.15, 0.2) is 33.5 Å². The van der Waals surface area contributed by atoms with Crippen molar-refractivity contribution in [3.05, 3.63) is 39.2 Å². The number of thioether (sulfide) groups is 1. The summed E-state index contributed by atoms with van der Waals surface area (Å²) >= 11 is 10.7. The Morgan fingerprint density at radius 3 is 2.85 bits per heavy atom. The van der Waals surface area contributed by atoms with Gasteiger partial charge in [-0.2, -0.15) is 0 Å². The standard InChI is InChI=1S/C9H8BrClOS/c1-2-13-9-4-6(10)3-8(11)7(9)5-12/h2-4,12H,1,5H2. The fourth-order valence-electron chi connectivity index (χ4n) is 0.928. The summed E-state index contributed by atoms with van der Waals surface area (Å²) in [5.41, 5.74) is 0.745. The largest absolute Gasteiger partial charge is 0.392 e. The van der Waals surface area contributed by atoms with Gasteiger partial charge in [-0.1, -0.05) is 45.9 Å². The number of aliphatic hydroxyl groups excluding tert-OH is 1. The minimum atomic E-state index is -0.0533. The third-order valence-corrected chi connectivity index (χ3v) is 3.07. The Kier molecular flexibility index (Phi) is 4.32. The Hall–Kier alpha value is 0.0400. The Balaban J connectivity index is 3.20. The summed E-state index contributed by atoms with van der Waals surface area (Å²) in [6.45, 7) is 3.56. The number of aliphatic hydroxyl groups is 1. The summed E-state index contributed by atoms with van der Waals surface area (Å²) in [7, 11) is 0. The lowest BCUT2D eigenvalue weighted by atomic mass is 10.2.